The highest BCUT2D eigenvalue weighted by Gasteiger charge is 2.37. The number of allylic oxidation sites excluding steroid dienone is 2. The first kappa shape index (κ1) is 13.8. The molecule has 0 radical (unpaired) electrons. The van der Waals surface area contributed by atoms with Crippen molar-refractivity contribution in [3.63, 3.8) is 0 Å². The molecule has 3 heteroatoms. The molecule has 3 nitrogen and oxygen atoms in total. The highest BCUT2D eigenvalue weighted by atomic mass is 16.7. The summed E-state index contributed by atoms with van der Waals surface area (Å²) in [5.41, 5.74) is 2.35. The van der Waals surface area contributed by atoms with Crippen molar-refractivity contribution in [1.82, 2.24) is 0 Å². The minimum Gasteiger partial charge on any atom is -0.350 e. The topological polar surface area (TPSA) is 35.5 Å². The molecule has 0 amide bonds. The summed E-state index contributed by atoms with van der Waals surface area (Å²) in [6, 6.07) is 0. The standard InChI is InChI=1S/C15H24O3/c1-11-5-6-13(16)12(11)7-8-15(4)17-9-14(2,3)10-18-15/h5-10H2,1-4H3. The third-order valence-corrected chi connectivity index (χ3v) is 3.94. The largest absolute Gasteiger partial charge is 0.350 e. The van der Waals surface area contributed by atoms with E-state index in [1.54, 1.807) is 0 Å². The van der Waals surface area contributed by atoms with Crippen molar-refractivity contribution in [3.05, 3.63) is 11.1 Å². The first-order chi connectivity index (χ1) is 8.31. The zero-order chi connectivity index (χ0) is 13.4. The number of hydrogen-bond donors (Lipinski definition) is 0. The van der Waals surface area contributed by atoms with Crippen LogP contribution in [0.15, 0.2) is 11.1 Å². The molecule has 0 N–H and O–H groups in total. The van der Waals surface area contributed by atoms with E-state index in [1.807, 2.05) is 6.92 Å². The fourth-order valence-electron chi connectivity index (χ4n) is 2.47. The maximum absolute atomic E-state index is 11.7. The first-order valence-corrected chi connectivity index (χ1v) is 6.81. The van der Waals surface area contributed by atoms with Crippen molar-refractivity contribution in [2.24, 2.45) is 5.41 Å². The Bertz CT molecular complexity index is 369. The third-order valence-electron chi connectivity index (χ3n) is 3.94. The van der Waals surface area contributed by atoms with E-state index in [0.717, 1.165) is 38.0 Å². The number of ketones is 1. The SMILES string of the molecule is CC1=C(CCC2(C)OCC(C)(C)CO2)C(=O)CC1. The fourth-order valence-corrected chi connectivity index (χ4v) is 2.47. The molecule has 1 aliphatic carbocycles. The number of carbonyl (C=O) groups excluding carboxylic acids is 1. The average molecular weight is 252 g/mol. The second-order valence-corrected chi connectivity index (χ2v) is 6.56. The van der Waals surface area contributed by atoms with E-state index in [0.29, 0.717) is 12.2 Å². The predicted octanol–water partition coefficient (Wildman–Crippen LogP) is 3.24. The quantitative estimate of drug-likeness (QED) is 0.773. The summed E-state index contributed by atoms with van der Waals surface area (Å²) in [7, 11) is 0. The van der Waals surface area contributed by atoms with Gasteiger partial charge in [-0.3, -0.25) is 4.79 Å². The van der Waals surface area contributed by atoms with Gasteiger partial charge in [-0.05, 0) is 32.3 Å². The van der Waals surface area contributed by atoms with Gasteiger partial charge in [-0.15, -0.1) is 0 Å². The van der Waals surface area contributed by atoms with Crippen molar-refractivity contribution in [1.29, 1.82) is 0 Å². The highest BCUT2D eigenvalue weighted by molar-refractivity contribution is 5.98. The summed E-state index contributed by atoms with van der Waals surface area (Å²) in [4.78, 5) is 11.7. The Morgan fingerprint density at radius 2 is 1.72 bits per heavy atom. The predicted molar refractivity (Wildman–Crippen MR) is 70.3 cm³/mol. The van der Waals surface area contributed by atoms with E-state index in [9.17, 15) is 4.79 Å². The molecule has 0 unspecified atom stereocenters. The summed E-state index contributed by atoms with van der Waals surface area (Å²) < 4.78 is 11.7. The lowest BCUT2D eigenvalue weighted by Crippen LogP contribution is -2.45. The molecule has 0 aromatic carbocycles. The van der Waals surface area contributed by atoms with Crippen LogP contribution in [0.4, 0.5) is 0 Å². The lowest BCUT2D eigenvalue weighted by atomic mass is 9.93. The normalized spacial score (nSPS) is 26.8. The number of hydrogen-bond acceptors (Lipinski definition) is 3. The molecule has 18 heavy (non-hydrogen) atoms. The summed E-state index contributed by atoms with van der Waals surface area (Å²) in [5, 5.41) is 0. The molecule has 2 aliphatic rings. The van der Waals surface area contributed by atoms with Gasteiger partial charge < -0.3 is 9.47 Å². The molecule has 1 fully saturated rings. The number of carbonyl (C=O) groups is 1. The molecule has 0 aromatic heterocycles. The smallest absolute Gasteiger partial charge is 0.165 e. The summed E-state index contributed by atoms with van der Waals surface area (Å²) in [5.74, 6) is -0.210. The molecule has 0 atom stereocenters. The fraction of sp³-hybridized carbons (Fsp3) is 0.800. The van der Waals surface area contributed by atoms with Crippen molar-refractivity contribution in [2.75, 3.05) is 13.2 Å². The average Bonchev–Trinajstić information content (AvgIpc) is 2.62. The van der Waals surface area contributed by atoms with Gasteiger partial charge >= 0.3 is 0 Å². The lowest BCUT2D eigenvalue weighted by Gasteiger charge is -2.41. The van der Waals surface area contributed by atoms with Crippen LogP contribution in [0.3, 0.4) is 0 Å². The highest BCUT2D eigenvalue weighted by Crippen LogP contribution is 2.34. The lowest BCUT2D eigenvalue weighted by molar-refractivity contribution is -0.291. The van der Waals surface area contributed by atoms with Crippen LogP contribution in [-0.2, 0) is 14.3 Å². The van der Waals surface area contributed by atoms with Crippen molar-refractivity contribution >= 4 is 5.78 Å². The summed E-state index contributed by atoms with van der Waals surface area (Å²) in [6.45, 7) is 9.76. The van der Waals surface area contributed by atoms with Crippen LogP contribution in [0.25, 0.3) is 0 Å². The second-order valence-electron chi connectivity index (χ2n) is 6.56. The number of Topliss-reactive ketones (excluding diaryl/α,β-unsaturated/α-hetero) is 1. The van der Waals surface area contributed by atoms with E-state index in [4.69, 9.17) is 9.47 Å². The van der Waals surface area contributed by atoms with Crippen LogP contribution in [0.5, 0.6) is 0 Å². The summed E-state index contributed by atoms with van der Waals surface area (Å²) in [6.07, 6.45) is 3.16. The molecule has 0 saturated carbocycles. The number of rotatable bonds is 3. The maximum Gasteiger partial charge on any atom is 0.165 e. The van der Waals surface area contributed by atoms with E-state index >= 15 is 0 Å². The van der Waals surface area contributed by atoms with Crippen molar-refractivity contribution < 1.29 is 14.3 Å². The van der Waals surface area contributed by atoms with E-state index in [1.165, 1.54) is 5.57 Å². The third kappa shape index (κ3) is 3.01. The van der Waals surface area contributed by atoms with Crippen LogP contribution >= 0.6 is 0 Å². The zero-order valence-corrected chi connectivity index (χ0v) is 12.0. The zero-order valence-electron chi connectivity index (χ0n) is 12.0. The van der Waals surface area contributed by atoms with Crippen molar-refractivity contribution in [2.45, 2.75) is 59.2 Å². The Morgan fingerprint density at radius 1 is 1.11 bits per heavy atom. The van der Waals surface area contributed by atoms with Gasteiger partial charge in [0.25, 0.3) is 0 Å². The van der Waals surface area contributed by atoms with E-state index in [-0.39, 0.29) is 5.41 Å². The van der Waals surface area contributed by atoms with E-state index < -0.39 is 5.79 Å². The Morgan fingerprint density at radius 3 is 2.22 bits per heavy atom. The van der Waals surface area contributed by atoms with Crippen molar-refractivity contribution in [3.8, 4) is 0 Å². The van der Waals surface area contributed by atoms with Gasteiger partial charge in [0.1, 0.15) is 0 Å². The molecule has 2 rings (SSSR count). The molecule has 1 saturated heterocycles. The molecule has 1 heterocycles. The van der Waals surface area contributed by atoms with Gasteiger partial charge in [0, 0.05) is 18.3 Å². The molecule has 0 aromatic rings. The van der Waals surface area contributed by atoms with Crippen LogP contribution in [0.1, 0.15) is 53.4 Å². The van der Waals surface area contributed by atoms with Gasteiger partial charge in [-0.2, -0.15) is 0 Å². The molecule has 1 aliphatic heterocycles. The van der Waals surface area contributed by atoms with Crippen LogP contribution in [-0.4, -0.2) is 24.8 Å². The summed E-state index contributed by atoms with van der Waals surface area (Å²) >= 11 is 0. The second kappa shape index (κ2) is 4.78. The Kier molecular flexibility index (Phi) is 3.65. The molecular formula is C15H24O3. The monoisotopic (exact) mass is 252 g/mol. The molecule has 0 bridgehead atoms. The van der Waals surface area contributed by atoms with Gasteiger partial charge in [0.15, 0.2) is 11.6 Å². The molecular weight excluding hydrogens is 228 g/mol. The van der Waals surface area contributed by atoms with Gasteiger partial charge in [0.05, 0.1) is 13.2 Å². The molecule has 0 spiro atoms. The van der Waals surface area contributed by atoms with Gasteiger partial charge in [0.2, 0.25) is 0 Å². The van der Waals surface area contributed by atoms with Gasteiger partial charge in [-0.25, -0.2) is 0 Å². The van der Waals surface area contributed by atoms with E-state index in [2.05, 4.69) is 20.8 Å². The Hall–Kier alpha value is -0.670. The Labute approximate surface area is 110 Å². The number of ether oxygens (including phenoxy) is 2. The minimum atomic E-state index is -0.522. The van der Waals surface area contributed by atoms with Crippen LogP contribution < -0.4 is 0 Å². The first-order valence-electron chi connectivity index (χ1n) is 6.81. The Balaban J connectivity index is 1.91. The van der Waals surface area contributed by atoms with Gasteiger partial charge in [-0.1, -0.05) is 19.4 Å². The molecule has 102 valence electrons. The van der Waals surface area contributed by atoms with Crippen LogP contribution in [0, 0.1) is 5.41 Å². The minimum absolute atomic E-state index is 0.0951. The maximum atomic E-state index is 11.7. The van der Waals surface area contributed by atoms with Crippen LogP contribution in [0.2, 0.25) is 0 Å².